The van der Waals surface area contributed by atoms with Crippen molar-refractivity contribution < 1.29 is 0 Å². The van der Waals surface area contributed by atoms with Crippen LogP contribution in [0.4, 0.5) is 0 Å². The summed E-state index contributed by atoms with van der Waals surface area (Å²) in [5, 5.41) is 5.44. The van der Waals surface area contributed by atoms with Crippen molar-refractivity contribution >= 4 is 40.5 Å². The lowest BCUT2D eigenvalue weighted by atomic mass is 10.0. The zero-order chi connectivity index (χ0) is 19.7. The Bertz CT molecular complexity index is 989. The average molecular weight is 431 g/mol. The normalized spacial score (nSPS) is 19.1. The molecule has 4 nitrogen and oxygen atoms in total. The molecular weight excluding hydrogens is 411 g/mol. The minimum Gasteiger partial charge on any atom is -0.352 e. The first-order valence-corrected chi connectivity index (χ1v) is 10.4. The Kier molecular flexibility index (Phi) is 5.58. The molecule has 1 aromatic carbocycles. The molecule has 28 heavy (non-hydrogen) atoms. The van der Waals surface area contributed by atoms with Crippen molar-refractivity contribution in [3.8, 4) is 5.69 Å². The van der Waals surface area contributed by atoms with Crippen molar-refractivity contribution in [2.45, 2.75) is 25.4 Å². The lowest BCUT2D eigenvalue weighted by Gasteiger charge is -2.28. The van der Waals surface area contributed by atoms with Gasteiger partial charge < -0.3 is 14.8 Å². The van der Waals surface area contributed by atoms with Crippen molar-refractivity contribution in [3.63, 3.8) is 0 Å². The predicted molar refractivity (Wildman–Crippen MR) is 118 cm³/mol. The van der Waals surface area contributed by atoms with Crippen LogP contribution in [0.5, 0.6) is 0 Å². The Morgan fingerprint density at radius 3 is 2.71 bits per heavy atom. The molecule has 0 spiro atoms. The highest BCUT2D eigenvalue weighted by Gasteiger charge is 2.40. The minimum absolute atomic E-state index is 0.00379. The van der Waals surface area contributed by atoms with Crippen molar-refractivity contribution in [2.24, 2.45) is 0 Å². The fourth-order valence-corrected chi connectivity index (χ4v) is 4.57. The molecule has 0 aliphatic carbocycles. The van der Waals surface area contributed by atoms with E-state index in [0.717, 1.165) is 35.2 Å². The topological polar surface area (TPSA) is 33.1 Å². The maximum Gasteiger partial charge on any atom is 0.170 e. The fourth-order valence-electron chi connectivity index (χ4n) is 3.74. The Hall–Kier alpha value is -2.08. The smallest absolute Gasteiger partial charge is 0.170 e. The Labute approximate surface area is 180 Å². The minimum atomic E-state index is -0.0417. The SMILES string of the molecule is CCCN1C(=S)N[C@H](c2ccccn2)[C@@H]1c1cccn1-c1ccc(Cl)cc1Cl. The van der Waals surface area contributed by atoms with Gasteiger partial charge in [0.1, 0.15) is 0 Å². The van der Waals surface area contributed by atoms with Crippen LogP contribution in [-0.4, -0.2) is 26.1 Å². The molecule has 0 radical (unpaired) electrons. The van der Waals surface area contributed by atoms with Crippen LogP contribution < -0.4 is 5.32 Å². The van der Waals surface area contributed by atoms with Crippen molar-refractivity contribution in [1.29, 1.82) is 0 Å². The number of thiocarbonyl (C=S) groups is 1. The molecule has 1 aliphatic heterocycles. The van der Waals surface area contributed by atoms with Crippen LogP contribution in [0.25, 0.3) is 5.69 Å². The van der Waals surface area contributed by atoms with E-state index in [1.165, 1.54) is 0 Å². The third kappa shape index (κ3) is 3.50. The number of nitrogens with one attached hydrogen (secondary N) is 1. The van der Waals surface area contributed by atoms with E-state index < -0.39 is 0 Å². The molecule has 144 valence electrons. The van der Waals surface area contributed by atoms with E-state index in [0.29, 0.717) is 10.0 Å². The molecule has 3 aromatic rings. The van der Waals surface area contributed by atoms with Gasteiger partial charge in [-0.15, -0.1) is 0 Å². The second-order valence-corrected chi connectivity index (χ2v) is 7.95. The quantitative estimate of drug-likeness (QED) is 0.536. The van der Waals surface area contributed by atoms with Gasteiger partial charge in [0, 0.05) is 29.7 Å². The first-order valence-electron chi connectivity index (χ1n) is 9.21. The van der Waals surface area contributed by atoms with Crippen LogP contribution in [0.1, 0.15) is 36.8 Å². The number of hydrogen-bond acceptors (Lipinski definition) is 2. The molecule has 2 aromatic heterocycles. The Morgan fingerprint density at radius 1 is 1.14 bits per heavy atom. The zero-order valence-electron chi connectivity index (χ0n) is 15.3. The van der Waals surface area contributed by atoms with E-state index in [4.69, 9.17) is 35.4 Å². The molecule has 1 aliphatic rings. The van der Waals surface area contributed by atoms with E-state index in [-0.39, 0.29) is 12.1 Å². The van der Waals surface area contributed by atoms with Gasteiger partial charge in [0.05, 0.1) is 28.5 Å². The van der Waals surface area contributed by atoms with Crippen molar-refractivity contribution in [2.75, 3.05) is 6.54 Å². The van der Waals surface area contributed by atoms with Gasteiger partial charge in [0.2, 0.25) is 0 Å². The van der Waals surface area contributed by atoms with Crippen molar-refractivity contribution in [1.82, 2.24) is 19.8 Å². The van der Waals surface area contributed by atoms with Crippen LogP contribution in [0.2, 0.25) is 10.0 Å². The summed E-state index contributed by atoms with van der Waals surface area (Å²) in [4.78, 5) is 6.82. The van der Waals surface area contributed by atoms with Crippen molar-refractivity contribution in [3.05, 3.63) is 82.4 Å². The number of rotatable bonds is 5. The summed E-state index contributed by atoms with van der Waals surface area (Å²) in [6.45, 7) is 3.02. The highest BCUT2D eigenvalue weighted by molar-refractivity contribution is 7.80. The van der Waals surface area contributed by atoms with Crippen LogP contribution in [0, 0.1) is 0 Å². The van der Waals surface area contributed by atoms with E-state index in [2.05, 4.69) is 32.8 Å². The summed E-state index contributed by atoms with van der Waals surface area (Å²) in [6, 6.07) is 15.6. The van der Waals surface area contributed by atoms with Gasteiger partial charge in [-0.05, 0) is 61.1 Å². The monoisotopic (exact) mass is 430 g/mol. The van der Waals surface area contributed by atoms with Gasteiger partial charge in [-0.25, -0.2) is 0 Å². The van der Waals surface area contributed by atoms with E-state index in [1.54, 1.807) is 6.07 Å². The molecule has 1 N–H and O–H groups in total. The standard InChI is InChI=1S/C21H20Cl2N4S/c1-2-11-27-20(19(25-21(27)28)16-6-3-4-10-24-16)18-7-5-12-26(18)17-9-8-14(22)13-15(17)23/h3-10,12-13,19-20H,2,11H2,1H3,(H,25,28)/t19-,20+/m1/s1. The lowest BCUT2D eigenvalue weighted by Crippen LogP contribution is -2.31. The molecule has 0 bridgehead atoms. The molecule has 1 saturated heterocycles. The predicted octanol–water partition coefficient (Wildman–Crippen LogP) is 5.56. The van der Waals surface area contributed by atoms with E-state index in [9.17, 15) is 0 Å². The Morgan fingerprint density at radius 2 is 2.00 bits per heavy atom. The molecule has 4 rings (SSSR count). The number of nitrogens with zero attached hydrogens (tertiary/aromatic N) is 3. The summed E-state index contributed by atoms with van der Waals surface area (Å²) in [5.74, 6) is 0. The summed E-state index contributed by atoms with van der Waals surface area (Å²) in [5.41, 5.74) is 2.95. The van der Waals surface area contributed by atoms with E-state index >= 15 is 0 Å². The largest absolute Gasteiger partial charge is 0.352 e. The molecule has 1 fully saturated rings. The summed E-state index contributed by atoms with van der Waals surface area (Å²) < 4.78 is 2.11. The number of pyridine rings is 1. The molecule has 0 amide bonds. The first kappa shape index (κ1) is 19.2. The fraction of sp³-hybridized carbons (Fsp3) is 0.238. The number of hydrogen-bond donors (Lipinski definition) is 1. The maximum absolute atomic E-state index is 6.51. The molecule has 2 atom stereocenters. The highest BCUT2D eigenvalue weighted by Crippen LogP contribution is 2.40. The van der Waals surface area contributed by atoms with Gasteiger partial charge >= 0.3 is 0 Å². The van der Waals surface area contributed by atoms with Crippen LogP contribution in [0.15, 0.2) is 60.9 Å². The molecule has 3 heterocycles. The van der Waals surface area contributed by atoms with Crippen LogP contribution in [0.3, 0.4) is 0 Å². The van der Waals surface area contributed by atoms with Gasteiger partial charge in [-0.3, -0.25) is 4.98 Å². The molecular formula is C21H20Cl2N4S. The molecule has 7 heteroatoms. The average Bonchev–Trinajstić information content (AvgIpc) is 3.28. The van der Waals surface area contributed by atoms with E-state index in [1.807, 2.05) is 48.8 Å². The zero-order valence-corrected chi connectivity index (χ0v) is 17.7. The first-order chi connectivity index (χ1) is 13.6. The molecule has 0 unspecified atom stereocenters. The maximum atomic E-state index is 6.51. The van der Waals surface area contributed by atoms with Crippen LogP contribution >= 0.6 is 35.4 Å². The third-order valence-electron chi connectivity index (χ3n) is 4.91. The Balaban J connectivity index is 1.83. The number of halogens is 2. The van der Waals surface area contributed by atoms with Gasteiger partial charge in [0.25, 0.3) is 0 Å². The van der Waals surface area contributed by atoms with Crippen LogP contribution in [-0.2, 0) is 0 Å². The second kappa shape index (κ2) is 8.11. The summed E-state index contributed by atoms with van der Waals surface area (Å²) in [7, 11) is 0. The lowest BCUT2D eigenvalue weighted by molar-refractivity contribution is 0.309. The summed E-state index contributed by atoms with van der Waals surface area (Å²) in [6.07, 6.45) is 4.83. The third-order valence-corrected chi connectivity index (χ3v) is 5.81. The second-order valence-electron chi connectivity index (χ2n) is 6.72. The number of benzene rings is 1. The van der Waals surface area contributed by atoms with Gasteiger partial charge in [-0.2, -0.15) is 0 Å². The van der Waals surface area contributed by atoms with Gasteiger partial charge in [0.15, 0.2) is 5.11 Å². The van der Waals surface area contributed by atoms with Gasteiger partial charge in [-0.1, -0.05) is 36.2 Å². The number of aromatic nitrogens is 2. The summed E-state index contributed by atoms with van der Waals surface area (Å²) >= 11 is 18.3. The highest BCUT2D eigenvalue weighted by atomic mass is 35.5. The molecule has 0 saturated carbocycles.